The lowest BCUT2D eigenvalue weighted by molar-refractivity contribution is -0.897. The lowest BCUT2D eigenvalue weighted by atomic mass is 10.1. The van der Waals surface area contributed by atoms with Crippen molar-refractivity contribution in [3.63, 3.8) is 0 Å². The van der Waals surface area contributed by atoms with E-state index in [0.717, 1.165) is 37.2 Å². The Labute approximate surface area is 175 Å². The van der Waals surface area contributed by atoms with Crippen LogP contribution in [0.5, 0.6) is 0 Å². The second-order valence-electron chi connectivity index (χ2n) is 7.01. The predicted octanol–water partition coefficient (Wildman–Crippen LogP) is 2.48. The number of hydrogen-bond donors (Lipinski definition) is 3. The highest BCUT2D eigenvalue weighted by molar-refractivity contribution is 6.42. The molecular weight excluding hydrogens is 395 g/mol. The van der Waals surface area contributed by atoms with E-state index in [2.05, 4.69) is 24.5 Å². The fraction of sp³-hybridized carbons (Fsp3) is 0.381. The fourth-order valence-electron chi connectivity index (χ4n) is 3.61. The van der Waals surface area contributed by atoms with Crippen molar-refractivity contribution in [3.05, 3.63) is 58.1 Å². The number of nitrogen functional groups attached to an aromatic ring is 1. The van der Waals surface area contributed by atoms with Crippen molar-refractivity contribution in [2.45, 2.75) is 33.0 Å². The van der Waals surface area contributed by atoms with E-state index in [-0.39, 0.29) is 0 Å². The molecule has 150 valence electrons. The third-order valence-corrected chi connectivity index (χ3v) is 6.13. The van der Waals surface area contributed by atoms with Gasteiger partial charge in [0.2, 0.25) is 0 Å². The molecule has 0 saturated carbocycles. The van der Waals surface area contributed by atoms with Crippen molar-refractivity contribution < 1.29 is 14.6 Å². The number of quaternary nitrogens is 1. The maximum absolute atomic E-state index is 10.8. The summed E-state index contributed by atoms with van der Waals surface area (Å²) in [5.41, 5.74) is 9.32. The van der Waals surface area contributed by atoms with Crippen LogP contribution in [0.4, 0.5) is 5.95 Å². The SMILES string of the molecule is CC[NH+](CC)CCn1c(N)[n+](C[C@H](O)c2ccc(Cl)c(Cl)c2)c2ccccc21. The van der Waals surface area contributed by atoms with Crippen LogP contribution in [0.25, 0.3) is 11.0 Å². The van der Waals surface area contributed by atoms with Gasteiger partial charge in [-0.05, 0) is 43.7 Å². The van der Waals surface area contributed by atoms with Gasteiger partial charge in [-0.2, -0.15) is 0 Å². The number of rotatable bonds is 8. The summed E-state index contributed by atoms with van der Waals surface area (Å²) < 4.78 is 4.11. The quantitative estimate of drug-likeness (QED) is 0.488. The van der Waals surface area contributed by atoms with Gasteiger partial charge in [-0.3, -0.25) is 5.73 Å². The average Bonchev–Trinajstić information content (AvgIpc) is 2.96. The number of nitrogens with zero attached hydrogens (tertiary/aromatic N) is 2. The molecule has 1 atom stereocenters. The Kier molecular flexibility index (Phi) is 6.83. The maximum Gasteiger partial charge on any atom is 0.356 e. The Balaban J connectivity index is 1.92. The Morgan fingerprint density at radius 3 is 2.50 bits per heavy atom. The molecule has 0 saturated heterocycles. The van der Waals surface area contributed by atoms with E-state index in [1.807, 2.05) is 22.8 Å². The number of halogens is 2. The normalized spacial score (nSPS) is 12.8. The highest BCUT2D eigenvalue weighted by Gasteiger charge is 2.24. The summed E-state index contributed by atoms with van der Waals surface area (Å²) >= 11 is 12.1. The molecule has 2 aromatic carbocycles. The molecule has 0 fully saturated rings. The molecule has 3 rings (SSSR count). The number of aliphatic hydroxyl groups is 1. The summed E-state index contributed by atoms with van der Waals surface area (Å²) in [6, 6.07) is 13.3. The van der Waals surface area contributed by atoms with E-state index in [1.165, 1.54) is 4.90 Å². The molecule has 4 N–H and O–H groups in total. The van der Waals surface area contributed by atoms with E-state index in [1.54, 1.807) is 18.2 Å². The summed E-state index contributed by atoms with van der Waals surface area (Å²) in [6.45, 7) is 8.75. The molecule has 0 unspecified atom stereocenters. The number of hydrogen-bond acceptors (Lipinski definition) is 2. The Morgan fingerprint density at radius 1 is 1.11 bits per heavy atom. The van der Waals surface area contributed by atoms with Gasteiger partial charge in [0.05, 0.1) is 23.1 Å². The lowest BCUT2D eigenvalue weighted by Crippen LogP contribution is -3.11. The second-order valence-corrected chi connectivity index (χ2v) is 7.82. The minimum atomic E-state index is -0.741. The van der Waals surface area contributed by atoms with Gasteiger partial charge in [0.25, 0.3) is 0 Å². The van der Waals surface area contributed by atoms with Crippen LogP contribution in [0.15, 0.2) is 42.5 Å². The Bertz CT molecular complexity index is 953. The third-order valence-electron chi connectivity index (χ3n) is 5.39. The van der Waals surface area contributed by atoms with Crippen LogP contribution in [-0.2, 0) is 13.1 Å². The van der Waals surface area contributed by atoms with Crippen molar-refractivity contribution >= 4 is 40.2 Å². The number of aliphatic hydroxyl groups excluding tert-OH is 1. The zero-order valence-corrected chi connectivity index (χ0v) is 17.8. The van der Waals surface area contributed by atoms with E-state index >= 15 is 0 Å². The molecule has 0 radical (unpaired) electrons. The van der Waals surface area contributed by atoms with E-state index in [0.29, 0.717) is 28.1 Å². The van der Waals surface area contributed by atoms with Crippen molar-refractivity contribution in [1.29, 1.82) is 0 Å². The largest absolute Gasteiger partial charge is 0.385 e. The second kappa shape index (κ2) is 9.14. The van der Waals surface area contributed by atoms with Gasteiger partial charge in [-0.15, -0.1) is 0 Å². The zero-order chi connectivity index (χ0) is 20.3. The minimum Gasteiger partial charge on any atom is -0.385 e. The highest BCUT2D eigenvalue weighted by atomic mass is 35.5. The summed E-state index contributed by atoms with van der Waals surface area (Å²) in [6.07, 6.45) is -0.741. The molecule has 0 aliphatic carbocycles. The highest BCUT2D eigenvalue weighted by Crippen LogP contribution is 2.26. The molecule has 0 aliphatic rings. The molecular formula is C21H28Cl2N4O+2. The van der Waals surface area contributed by atoms with Crippen molar-refractivity contribution in [3.8, 4) is 0 Å². The molecule has 0 aliphatic heterocycles. The number of nitrogens with two attached hydrogens (primary N) is 1. The summed E-state index contributed by atoms with van der Waals surface area (Å²) in [4.78, 5) is 1.53. The molecule has 0 bridgehead atoms. The lowest BCUT2D eigenvalue weighted by Gasteiger charge is -2.14. The molecule has 3 aromatic rings. The van der Waals surface area contributed by atoms with Crippen LogP contribution in [0.1, 0.15) is 25.5 Å². The molecule has 0 amide bonds. The molecule has 1 heterocycles. The van der Waals surface area contributed by atoms with Gasteiger partial charge in [-0.1, -0.05) is 41.4 Å². The van der Waals surface area contributed by atoms with E-state index in [9.17, 15) is 5.11 Å². The van der Waals surface area contributed by atoms with E-state index < -0.39 is 6.10 Å². The standard InChI is InChI=1S/C21H26Cl2N4O/c1-3-25(4-2)11-12-26-18-7-5-6-8-19(18)27(21(26)24)14-20(28)15-9-10-16(22)17(23)13-15/h5-10,13,20,24,28H,3-4,11-12,14H2,1-2H3/p+2/t20-/m0/s1. The van der Waals surface area contributed by atoms with Crippen LogP contribution in [-0.4, -0.2) is 29.3 Å². The smallest absolute Gasteiger partial charge is 0.356 e. The first-order valence-electron chi connectivity index (χ1n) is 9.69. The summed E-state index contributed by atoms with van der Waals surface area (Å²) in [5, 5.41) is 11.7. The number of para-hydroxylation sites is 2. The number of anilines is 1. The topological polar surface area (TPSA) is 59.5 Å². The van der Waals surface area contributed by atoms with Crippen LogP contribution < -0.4 is 15.2 Å². The Hall–Kier alpha value is -1.79. The third kappa shape index (κ3) is 4.28. The first-order valence-corrected chi connectivity index (χ1v) is 10.4. The molecule has 28 heavy (non-hydrogen) atoms. The van der Waals surface area contributed by atoms with Gasteiger partial charge < -0.3 is 10.0 Å². The molecule has 1 aromatic heterocycles. The molecule has 7 heteroatoms. The fourth-order valence-corrected chi connectivity index (χ4v) is 3.92. The predicted molar refractivity (Wildman–Crippen MR) is 115 cm³/mol. The Morgan fingerprint density at radius 2 is 1.82 bits per heavy atom. The van der Waals surface area contributed by atoms with Crippen molar-refractivity contribution in [2.24, 2.45) is 0 Å². The summed E-state index contributed by atoms with van der Waals surface area (Å²) in [5.74, 6) is 0.645. The van der Waals surface area contributed by atoms with Gasteiger partial charge in [0.1, 0.15) is 36.8 Å². The van der Waals surface area contributed by atoms with Gasteiger partial charge >= 0.3 is 5.95 Å². The van der Waals surface area contributed by atoms with Crippen molar-refractivity contribution in [2.75, 3.05) is 25.4 Å². The van der Waals surface area contributed by atoms with Gasteiger partial charge in [0.15, 0.2) is 0 Å². The monoisotopic (exact) mass is 422 g/mol. The summed E-state index contributed by atoms with van der Waals surface area (Å²) in [7, 11) is 0. The van der Waals surface area contributed by atoms with Crippen LogP contribution >= 0.6 is 23.2 Å². The van der Waals surface area contributed by atoms with Gasteiger partial charge in [-0.25, -0.2) is 9.13 Å². The number of imidazole rings is 1. The number of benzene rings is 2. The average molecular weight is 423 g/mol. The first-order chi connectivity index (χ1) is 13.5. The maximum atomic E-state index is 10.8. The van der Waals surface area contributed by atoms with Crippen LogP contribution in [0, 0.1) is 0 Å². The number of nitrogens with one attached hydrogen (secondary N) is 1. The van der Waals surface area contributed by atoms with Crippen LogP contribution in [0.2, 0.25) is 10.0 Å². The molecule has 5 nitrogen and oxygen atoms in total. The zero-order valence-electron chi connectivity index (χ0n) is 16.3. The molecule has 0 spiro atoms. The van der Waals surface area contributed by atoms with E-state index in [4.69, 9.17) is 28.9 Å². The number of aromatic nitrogens is 2. The van der Waals surface area contributed by atoms with Crippen molar-refractivity contribution in [1.82, 2.24) is 4.57 Å². The minimum absolute atomic E-state index is 0.343. The number of fused-ring (bicyclic) bond motifs is 1. The first kappa shape index (κ1) is 20.9. The van der Waals surface area contributed by atoms with Gasteiger partial charge in [0, 0.05) is 0 Å². The number of likely N-dealkylation sites (N-methyl/N-ethyl adjacent to an activating group) is 1. The van der Waals surface area contributed by atoms with Crippen LogP contribution in [0.3, 0.4) is 0 Å².